The number of amidine groups is 1. The van der Waals surface area contributed by atoms with Gasteiger partial charge < -0.3 is 10.5 Å². The van der Waals surface area contributed by atoms with Gasteiger partial charge in [-0.3, -0.25) is 10.3 Å². The first-order chi connectivity index (χ1) is 9.60. The van der Waals surface area contributed by atoms with Gasteiger partial charge >= 0.3 is 0 Å². The summed E-state index contributed by atoms with van der Waals surface area (Å²) >= 11 is 6.28. The lowest BCUT2D eigenvalue weighted by Crippen LogP contribution is -2.39. The van der Waals surface area contributed by atoms with E-state index in [1.54, 1.807) is 6.07 Å². The molecule has 1 fully saturated rings. The van der Waals surface area contributed by atoms with Crippen molar-refractivity contribution in [3.8, 4) is 0 Å². The molecule has 20 heavy (non-hydrogen) atoms. The molecule has 0 aliphatic carbocycles. The second-order valence-electron chi connectivity index (χ2n) is 5.17. The molecular weight excluding hydrogens is 274 g/mol. The summed E-state index contributed by atoms with van der Waals surface area (Å²) in [5.41, 5.74) is 7.21. The minimum absolute atomic E-state index is 0.0489. The van der Waals surface area contributed by atoms with Gasteiger partial charge in [-0.15, -0.1) is 0 Å². The summed E-state index contributed by atoms with van der Waals surface area (Å²) in [6.07, 6.45) is 2.64. The Morgan fingerprint density at radius 2 is 2.35 bits per heavy atom. The molecule has 5 heteroatoms. The second-order valence-corrected chi connectivity index (χ2v) is 5.58. The van der Waals surface area contributed by atoms with Gasteiger partial charge in [0.25, 0.3) is 0 Å². The molecule has 110 valence electrons. The van der Waals surface area contributed by atoms with Crippen molar-refractivity contribution in [1.29, 1.82) is 5.41 Å². The minimum atomic E-state index is 0.0489. The number of nitrogen functional groups attached to an aromatic ring is 1. The first-order valence-electron chi connectivity index (χ1n) is 7.07. The molecule has 1 heterocycles. The number of likely N-dealkylation sites (tertiary alicyclic amines) is 1. The van der Waals surface area contributed by atoms with Gasteiger partial charge in [0, 0.05) is 30.3 Å². The number of rotatable bonds is 5. The Hall–Kier alpha value is -1.10. The number of nitrogens with two attached hydrogens (primary N) is 1. The van der Waals surface area contributed by atoms with E-state index in [4.69, 9.17) is 27.5 Å². The standard InChI is InChI=1S/C15H22ClN3O/c1-2-20-13-4-3-7-19(10-13)9-12-6-5-11(15(17)18)8-14(12)16/h5-6,8,13H,2-4,7,9-10H2,1H3,(H3,17,18). The van der Waals surface area contributed by atoms with Crippen molar-refractivity contribution in [1.82, 2.24) is 4.90 Å². The van der Waals surface area contributed by atoms with E-state index in [-0.39, 0.29) is 5.84 Å². The van der Waals surface area contributed by atoms with Crippen molar-refractivity contribution in [2.24, 2.45) is 5.73 Å². The summed E-state index contributed by atoms with van der Waals surface area (Å²) in [6.45, 7) is 5.66. The molecule has 1 aromatic carbocycles. The van der Waals surface area contributed by atoms with E-state index in [2.05, 4.69) is 4.90 Å². The predicted octanol–water partition coefficient (Wildman–Crippen LogP) is 2.62. The molecule has 0 saturated carbocycles. The zero-order chi connectivity index (χ0) is 14.5. The molecule has 0 bridgehead atoms. The molecule has 0 amide bonds. The van der Waals surface area contributed by atoms with E-state index in [0.29, 0.717) is 16.7 Å². The molecule has 1 unspecified atom stereocenters. The average Bonchev–Trinajstić information content (AvgIpc) is 2.42. The van der Waals surface area contributed by atoms with Crippen molar-refractivity contribution in [2.45, 2.75) is 32.4 Å². The molecule has 1 aliphatic rings. The lowest BCUT2D eigenvalue weighted by atomic mass is 10.1. The van der Waals surface area contributed by atoms with Crippen LogP contribution < -0.4 is 5.73 Å². The fourth-order valence-electron chi connectivity index (χ4n) is 2.61. The Labute approximate surface area is 125 Å². The normalized spacial score (nSPS) is 20.0. The Kier molecular flexibility index (Phi) is 5.40. The van der Waals surface area contributed by atoms with Crippen molar-refractivity contribution in [3.05, 3.63) is 34.3 Å². The third-order valence-electron chi connectivity index (χ3n) is 3.62. The number of halogens is 1. The fourth-order valence-corrected chi connectivity index (χ4v) is 2.85. The highest BCUT2D eigenvalue weighted by atomic mass is 35.5. The van der Waals surface area contributed by atoms with Crippen molar-refractivity contribution >= 4 is 17.4 Å². The number of nitrogens with one attached hydrogen (secondary N) is 1. The summed E-state index contributed by atoms with van der Waals surface area (Å²) in [7, 11) is 0. The molecular formula is C15H22ClN3O. The average molecular weight is 296 g/mol. The SMILES string of the molecule is CCOC1CCCN(Cc2ccc(C(=N)N)cc2Cl)C1. The van der Waals surface area contributed by atoms with Crippen LogP contribution in [0.25, 0.3) is 0 Å². The predicted molar refractivity (Wildman–Crippen MR) is 82.4 cm³/mol. The van der Waals surface area contributed by atoms with Crippen LogP contribution in [0.1, 0.15) is 30.9 Å². The van der Waals surface area contributed by atoms with Crippen molar-refractivity contribution in [2.75, 3.05) is 19.7 Å². The highest BCUT2D eigenvalue weighted by molar-refractivity contribution is 6.31. The lowest BCUT2D eigenvalue weighted by molar-refractivity contribution is 0.00364. The molecule has 0 spiro atoms. The van der Waals surface area contributed by atoms with Crippen LogP contribution in [0.2, 0.25) is 5.02 Å². The van der Waals surface area contributed by atoms with Gasteiger partial charge in [0.1, 0.15) is 5.84 Å². The molecule has 2 rings (SSSR count). The van der Waals surface area contributed by atoms with Gasteiger partial charge in [0.05, 0.1) is 6.10 Å². The summed E-state index contributed by atoms with van der Waals surface area (Å²) in [5, 5.41) is 8.10. The molecule has 1 aromatic rings. The highest BCUT2D eigenvalue weighted by Crippen LogP contribution is 2.22. The van der Waals surface area contributed by atoms with Crippen molar-refractivity contribution < 1.29 is 4.74 Å². The molecule has 0 aromatic heterocycles. The van der Waals surface area contributed by atoms with E-state index in [1.807, 2.05) is 19.1 Å². The Morgan fingerprint density at radius 3 is 3.00 bits per heavy atom. The summed E-state index contributed by atoms with van der Waals surface area (Å²) in [4.78, 5) is 2.37. The zero-order valence-electron chi connectivity index (χ0n) is 11.9. The molecule has 0 radical (unpaired) electrons. The number of nitrogens with zero attached hydrogens (tertiary/aromatic N) is 1. The summed E-state index contributed by atoms with van der Waals surface area (Å²) < 4.78 is 5.71. The summed E-state index contributed by atoms with van der Waals surface area (Å²) in [6, 6.07) is 5.58. The quantitative estimate of drug-likeness (QED) is 0.648. The fraction of sp³-hybridized carbons (Fsp3) is 0.533. The molecule has 1 atom stereocenters. The van der Waals surface area contributed by atoms with Crippen LogP contribution in [0.5, 0.6) is 0 Å². The number of piperidine rings is 1. The maximum absolute atomic E-state index is 7.42. The smallest absolute Gasteiger partial charge is 0.122 e. The number of ether oxygens (including phenoxy) is 1. The third kappa shape index (κ3) is 3.95. The van der Waals surface area contributed by atoms with E-state index < -0.39 is 0 Å². The maximum atomic E-state index is 7.42. The van der Waals surface area contributed by atoms with Gasteiger partial charge in [-0.05, 0) is 37.9 Å². The maximum Gasteiger partial charge on any atom is 0.122 e. The Morgan fingerprint density at radius 1 is 1.55 bits per heavy atom. The van der Waals surface area contributed by atoms with Crippen LogP contribution in [0.15, 0.2) is 18.2 Å². The number of hydrogen-bond acceptors (Lipinski definition) is 3. The number of hydrogen-bond donors (Lipinski definition) is 2. The van der Waals surface area contributed by atoms with Gasteiger partial charge in [-0.1, -0.05) is 23.7 Å². The molecule has 3 N–H and O–H groups in total. The van der Waals surface area contributed by atoms with Gasteiger partial charge in [0.2, 0.25) is 0 Å². The molecule has 1 saturated heterocycles. The molecule has 4 nitrogen and oxygen atoms in total. The third-order valence-corrected chi connectivity index (χ3v) is 3.97. The van der Waals surface area contributed by atoms with E-state index in [9.17, 15) is 0 Å². The van der Waals surface area contributed by atoms with Crippen LogP contribution in [0.4, 0.5) is 0 Å². The van der Waals surface area contributed by atoms with Crippen molar-refractivity contribution in [3.63, 3.8) is 0 Å². The second kappa shape index (κ2) is 7.07. The van der Waals surface area contributed by atoms with Crippen LogP contribution in [0.3, 0.4) is 0 Å². The van der Waals surface area contributed by atoms with Crippen LogP contribution in [-0.4, -0.2) is 36.5 Å². The van der Waals surface area contributed by atoms with Gasteiger partial charge in [-0.2, -0.15) is 0 Å². The monoisotopic (exact) mass is 295 g/mol. The van der Waals surface area contributed by atoms with Crippen LogP contribution in [0, 0.1) is 5.41 Å². The van der Waals surface area contributed by atoms with E-state index in [1.165, 1.54) is 0 Å². The van der Waals surface area contributed by atoms with Gasteiger partial charge in [-0.25, -0.2) is 0 Å². The lowest BCUT2D eigenvalue weighted by Gasteiger charge is -2.32. The van der Waals surface area contributed by atoms with E-state index in [0.717, 1.165) is 44.6 Å². The topological polar surface area (TPSA) is 62.3 Å². The largest absolute Gasteiger partial charge is 0.384 e. The van der Waals surface area contributed by atoms with Crippen LogP contribution in [-0.2, 0) is 11.3 Å². The molecule has 1 aliphatic heterocycles. The minimum Gasteiger partial charge on any atom is -0.384 e. The Bertz CT molecular complexity index is 476. The summed E-state index contributed by atoms with van der Waals surface area (Å²) in [5.74, 6) is 0.0489. The van der Waals surface area contributed by atoms with E-state index >= 15 is 0 Å². The zero-order valence-corrected chi connectivity index (χ0v) is 12.6. The van der Waals surface area contributed by atoms with Gasteiger partial charge in [0.15, 0.2) is 0 Å². The highest BCUT2D eigenvalue weighted by Gasteiger charge is 2.20. The first kappa shape index (κ1) is 15.3. The number of benzene rings is 1. The first-order valence-corrected chi connectivity index (χ1v) is 7.44. The van der Waals surface area contributed by atoms with Crippen LogP contribution >= 0.6 is 11.6 Å². The Balaban J connectivity index is 2.00.